The second-order valence-electron chi connectivity index (χ2n) is 3.15. The van der Waals surface area contributed by atoms with Gasteiger partial charge in [-0.2, -0.15) is 13.9 Å². The molecular weight excluding hydrogens is 230 g/mol. The lowest BCUT2D eigenvalue weighted by atomic mass is 10.3. The van der Waals surface area contributed by atoms with E-state index in [0.29, 0.717) is 10.4 Å². The Labute approximate surface area is 95.1 Å². The predicted octanol–water partition coefficient (Wildman–Crippen LogP) is 1.93. The highest BCUT2D eigenvalue weighted by Gasteiger charge is 2.13. The van der Waals surface area contributed by atoms with Gasteiger partial charge in [-0.3, -0.25) is 9.78 Å². The molecule has 7 heteroatoms. The predicted molar refractivity (Wildman–Crippen MR) is 55.7 cm³/mol. The molecule has 0 saturated carbocycles. The molecule has 1 amide bonds. The van der Waals surface area contributed by atoms with Crippen LogP contribution in [-0.4, -0.2) is 20.7 Å². The van der Waals surface area contributed by atoms with E-state index in [4.69, 9.17) is 0 Å². The van der Waals surface area contributed by atoms with E-state index in [1.54, 1.807) is 12.1 Å². The minimum atomic E-state index is -2.75. The van der Waals surface area contributed by atoms with Gasteiger partial charge in [0.2, 0.25) is 0 Å². The van der Waals surface area contributed by atoms with Crippen molar-refractivity contribution in [3.63, 3.8) is 0 Å². The second kappa shape index (κ2) is 4.69. The topological polar surface area (TPSA) is 59.8 Å². The molecule has 0 aliphatic heterocycles. The van der Waals surface area contributed by atoms with Gasteiger partial charge in [-0.25, -0.2) is 4.68 Å². The van der Waals surface area contributed by atoms with Crippen LogP contribution >= 0.6 is 0 Å². The zero-order valence-corrected chi connectivity index (χ0v) is 8.55. The smallest absolute Gasteiger partial charge is 0.320 e. The van der Waals surface area contributed by atoms with Gasteiger partial charge in [0, 0.05) is 24.3 Å². The van der Waals surface area contributed by atoms with Crippen LogP contribution in [0.4, 0.5) is 14.5 Å². The second-order valence-corrected chi connectivity index (χ2v) is 3.15. The summed E-state index contributed by atoms with van der Waals surface area (Å²) in [5.74, 6) is -0.546. The monoisotopic (exact) mass is 238 g/mol. The molecule has 0 spiro atoms. The van der Waals surface area contributed by atoms with Crippen LogP contribution in [0.2, 0.25) is 0 Å². The third kappa shape index (κ3) is 2.63. The van der Waals surface area contributed by atoms with E-state index in [-0.39, 0.29) is 5.69 Å². The molecule has 0 aliphatic rings. The molecule has 0 aromatic carbocycles. The number of pyridine rings is 1. The number of carbonyl (C=O) groups excluding carboxylic acids is 1. The number of nitrogens with zero attached hydrogens (tertiary/aromatic N) is 3. The normalized spacial score (nSPS) is 10.5. The molecule has 1 N–H and O–H groups in total. The minimum Gasteiger partial charge on any atom is -0.320 e. The van der Waals surface area contributed by atoms with Gasteiger partial charge in [0.1, 0.15) is 0 Å². The van der Waals surface area contributed by atoms with Gasteiger partial charge in [-0.15, -0.1) is 0 Å². The fraction of sp³-hybridized carbons (Fsp3) is 0.100. The Hall–Kier alpha value is -2.31. The molecule has 88 valence electrons. The number of hydrogen-bond acceptors (Lipinski definition) is 3. The SMILES string of the molecule is O=C(Nc1ccncc1)c1ccn(C(F)F)n1. The molecule has 2 heterocycles. The number of alkyl halides is 2. The molecule has 0 bridgehead atoms. The maximum Gasteiger partial charge on any atom is 0.333 e. The Morgan fingerprint density at radius 2 is 2.00 bits per heavy atom. The average Bonchev–Trinajstić information content (AvgIpc) is 2.79. The molecule has 0 aliphatic carbocycles. The van der Waals surface area contributed by atoms with Crippen LogP contribution in [0.5, 0.6) is 0 Å². The molecule has 0 unspecified atom stereocenters. The van der Waals surface area contributed by atoms with Crippen molar-refractivity contribution in [3.8, 4) is 0 Å². The van der Waals surface area contributed by atoms with Gasteiger partial charge in [0.05, 0.1) is 0 Å². The minimum absolute atomic E-state index is 0.0675. The maximum absolute atomic E-state index is 12.2. The van der Waals surface area contributed by atoms with Crippen molar-refractivity contribution >= 4 is 11.6 Å². The van der Waals surface area contributed by atoms with Crippen molar-refractivity contribution < 1.29 is 13.6 Å². The lowest BCUT2D eigenvalue weighted by molar-refractivity contribution is 0.0561. The van der Waals surface area contributed by atoms with Crippen molar-refractivity contribution in [3.05, 3.63) is 42.5 Å². The van der Waals surface area contributed by atoms with E-state index in [1.165, 1.54) is 18.5 Å². The van der Waals surface area contributed by atoms with Gasteiger partial charge < -0.3 is 5.32 Å². The Bertz CT molecular complexity index is 512. The lowest BCUT2D eigenvalue weighted by Gasteiger charge is -2.01. The van der Waals surface area contributed by atoms with Crippen LogP contribution < -0.4 is 5.32 Å². The van der Waals surface area contributed by atoms with Gasteiger partial charge in [0.25, 0.3) is 5.91 Å². The van der Waals surface area contributed by atoms with E-state index in [2.05, 4.69) is 15.4 Å². The highest BCUT2D eigenvalue weighted by atomic mass is 19.3. The first-order chi connectivity index (χ1) is 8.16. The third-order valence-electron chi connectivity index (χ3n) is 1.98. The highest BCUT2D eigenvalue weighted by Crippen LogP contribution is 2.10. The first-order valence-electron chi connectivity index (χ1n) is 4.71. The molecular formula is C10H8F2N4O. The highest BCUT2D eigenvalue weighted by molar-refractivity contribution is 6.02. The maximum atomic E-state index is 12.2. The van der Waals surface area contributed by atoms with Crippen LogP contribution in [0, 0.1) is 0 Å². The zero-order chi connectivity index (χ0) is 12.3. The number of nitrogens with one attached hydrogen (secondary N) is 1. The van der Waals surface area contributed by atoms with Crippen molar-refractivity contribution in [1.29, 1.82) is 0 Å². The van der Waals surface area contributed by atoms with E-state index in [9.17, 15) is 13.6 Å². The summed E-state index contributed by atoms with van der Waals surface area (Å²) in [5.41, 5.74) is 0.457. The number of amides is 1. The average molecular weight is 238 g/mol. The fourth-order valence-electron chi connectivity index (χ4n) is 1.20. The Morgan fingerprint density at radius 3 is 2.59 bits per heavy atom. The first-order valence-corrected chi connectivity index (χ1v) is 4.71. The fourth-order valence-corrected chi connectivity index (χ4v) is 1.20. The number of aromatic nitrogens is 3. The van der Waals surface area contributed by atoms with Gasteiger partial charge >= 0.3 is 6.55 Å². The molecule has 0 radical (unpaired) electrons. The van der Waals surface area contributed by atoms with Crippen molar-refractivity contribution in [2.45, 2.75) is 6.55 Å². The Balaban J connectivity index is 2.10. The largest absolute Gasteiger partial charge is 0.333 e. The number of carbonyl (C=O) groups is 1. The Morgan fingerprint density at radius 1 is 1.29 bits per heavy atom. The van der Waals surface area contributed by atoms with Crippen molar-refractivity contribution in [2.24, 2.45) is 0 Å². The third-order valence-corrected chi connectivity index (χ3v) is 1.98. The zero-order valence-electron chi connectivity index (χ0n) is 8.55. The number of halogens is 2. The van der Waals surface area contributed by atoms with Crippen LogP contribution in [0.15, 0.2) is 36.8 Å². The number of rotatable bonds is 3. The molecule has 2 rings (SSSR count). The summed E-state index contributed by atoms with van der Waals surface area (Å²) in [6.45, 7) is -2.75. The summed E-state index contributed by atoms with van der Waals surface area (Å²) in [4.78, 5) is 15.4. The first kappa shape index (κ1) is 11.2. The van der Waals surface area contributed by atoms with E-state index >= 15 is 0 Å². The molecule has 0 saturated heterocycles. The van der Waals surface area contributed by atoms with Gasteiger partial charge in [-0.1, -0.05) is 0 Å². The van der Waals surface area contributed by atoms with Crippen LogP contribution in [0.3, 0.4) is 0 Å². The number of hydrogen-bond donors (Lipinski definition) is 1. The summed E-state index contributed by atoms with van der Waals surface area (Å²) >= 11 is 0. The van der Waals surface area contributed by atoms with Crippen LogP contribution in [0.25, 0.3) is 0 Å². The molecule has 0 atom stereocenters. The van der Waals surface area contributed by atoms with E-state index in [1.807, 2.05) is 0 Å². The van der Waals surface area contributed by atoms with Crippen molar-refractivity contribution in [2.75, 3.05) is 5.32 Å². The molecule has 2 aromatic rings. The number of anilines is 1. The molecule has 2 aromatic heterocycles. The van der Waals surface area contributed by atoms with Crippen LogP contribution in [-0.2, 0) is 0 Å². The van der Waals surface area contributed by atoms with Crippen molar-refractivity contribution in [1.82, 2.24) is 14.8 Å². The summed E-state index contributed by atoms with van der Waals surface area (Å²) in [6, 6.07) is 4.40. The molecule has 5 nitrogen and oxygen atoms in total. The molecule has 0 fully saturated rings. The summed E-state index contributed by atoms with van der Waals surface area (Å²) in [7, 11) is 0. The standard InChI is InChI=1S/C10H8F2N4O/c11-10(12)16-6-3-8(15-16)9(17)14-7-1-4-13-5-2-7/h1-6,10H,(H,13,14,17). The molecule has 17 heavy (non-hydrogen) atoms. The van der Waals surface area contributed by atoms with Gasteiger partial charge in [0.15, 0.2) is 5.69 Å². The summed E-state index contributed by atoms with van der Waals surface area (Å²) in [5, 5.41) is 5.96. The Kier molecular flexibility index (Phi) is 3.08. The lowest BCUT2D eigenvalue weighted by Crippen LogP contribution is -2.13. The van der Waals surface area contributed by atoms with E-state index < -0.39 is 12.5 Å². The van der Waals surface area contributed by atoms with Crippen LogP contribution in [0.1, 0.15) is 17.0 Å². The van der Waals surface area contributed by atoms with E-state index in [0.717, 1.165) is 6.20 Å². The quantitative estimate of drug-likeness (QED) is 0.888. The summed E-state index contributed by atoms with van der Waals surface area (Å²) < 4.78 is 24.9. The van der Waals surface area contributed by atoms with Gasteiger partial charge in [-0.05, 0) is 18.2 Å². The summed E-state index contributed by atoms with van der Waals surface area (Å²) in [6.07, 6.45) is 4.06.